The molecule has 0 aliphatic heterocycles. The van der Waals surface area contributed by atoms with Crippen molar-refractivity contribution in [3.05, 3.63) is 89.6 Å². The van der Waals surface area contributed by atoms with Crippen LogP contribution in [0.1, 0.15) is 39.1 Å². The molecular formula is C25H21FN6O3. The minimum Gasteiger partial charge on any atom is -0.351 e. The van der Waals surface area contributed by atoms with Crippen LogP contribution in [0.2, 0.25) is 0 Å². The Morgan fingerprint density at radius 3 is 2.51 bits per heavy atom. The molecule has 1 saturated carbocycles. The average Bonchev–Trinajstić information content (AvgIpc) is 3.52. The Bertz CT molecular complexity index is 1480. The summed E-state index contributed by atoms with van der Waals surface area (Å²) in [5.74, 6) is -1.21. The summed E-state index contributed by atoms with van der Waals surface area (Å²) in [5, 5.41) is 8.05. The summed E-state index contributed by atoms with van der Waals surface area (Å²) in [6, 6.07) is 11.8. The number of halogens is 1. The Morgan fingerprint density at radius 1 is 1.09 bits per heavy atom. The summed E-state index contributed by atoms with van der Waals surface area (Å²) in [5.41, 5.74) is 7.24. The van der Waals surface area contributed by atoms with Gasteiger partial charge in [0.25, 0.3) is 11.8 Å². The van der Waals surface area contributed by atoms with E-state index in [4.69, 9.17) is 5.73 Å². The molecule has 35 heavy (non-hydrogen) atoms. The molecule has 0 saturated heterocycles. The van der Waals surface area contributed by atoms with Crippen molar-refractivity contribution in [2.75, 3.05) is 7.05 Å². The molecule has 5 rings (SSSR count). The highest BCUT2D eigenvalue weighted by atomic mass is 19.1. The van der Waals surface area contributed by atoms with Crippen molar-refractivity contribution >= 4 is 28.7 Å². The number of amides is 4. The summed E-state index contributed by atoms with van der Waals surface area (Å²) in [4.78, 5) is 42.3. The second kappa shape index (κ2) is 8.32. The number of aromatic nitrogens is 3. The van der Waals surface area contributed by atoms with Crippen molar-refractivity contribution in [2.24, 2.45) is 5.73 Å². The number of carbonyl (C=O) groups excluding carboxylic acids is 3. The second-order valence-electron chi connectivity index (χ2n) is 8.47. The van der Waals surface area contributed by atoms with Gasteiger partial charge in [0, 0.05) is 24.2 Å². The Labute approximate surface area is 199 Å². The maximum Gasteiger partial charge on any atom is 0.321 e. The van der Waals surface area contributed by atoms with Crippen LogP contribution < -0.4 is 11.1 Å². The van der Waals surface area contributed by atoms with E-state index in [1.807, 2.05) is 6.07 Å². The van der Waals surface area contributed by atoms with Crippen LogP contribution in [0.4, 0.5) is 9.18 Å². The maximum atomic E-state index is 13.3. The average molecular weight is 472 g/mol. The van der Waals surface area contributed by atoms with Crippen LogP contribution >= 0.6 is 0 Å². The number of carbonyl (C=O) groups is 3. The molecule has 1 fully saturated rings. The van der Waals surface area contributed by atoms with Gasteiger partial charge in [-0.1, -0.05) is 12.1 Å². The van der Waals surface area contributed by atoms with E-state index in [1.165, 1.54) is 25.4 Å². The van der Waals surface area contributed by atoms with Crippen LogP contribution in [0.5, 0.6) is 0 Å². The lowest BCUT2D eigenvalue weighted by Gasteiger charge is -2.20. The highest BCUT2D eigenvalue weighted by Gasteiger charge is 2.46. The third-order valence-electron chi connectivity index (χ3n) is 6.21. The molecular weight excluding hydrogens is 451 g/mol. The lowest BCUT2D eigenvalue weighted by Crippen LogP contribution is -2.38. The fourth-order valence-electron chi connectivity index (χ4n) is 4.05. The summed E-state index contributed by atoms with van der Waals surface area (Å²) < 4.78 is 14.9. The predicted molar refractivity (Wildman–Crippen MR) is 125 cm³/mol. The van der Waals surface area contributed by atoms with Crippen molar-refractivity contribution in [1.29, 1.82) is 0 Å². The van der Waals surface area contributed by atoms with Gasteiger partial charge < -0.3 is 11.1 Å². The van der Waals surface area contributed by atoms with E-state index in [0.29, 0.717) is 40.6 Å². The third-order valence-corrected chi connectivity index (χ3v) is 6.21. The Kier molecular flexibility index (Phi) is 5.28. The number of nitrogens with zero attached hydrogens (tertiary/aromatic N) is 4. The van der Waals surface area contributed by atoms with Gasteiger partial charge in [0.2, 0.25) is 0 Å². The zero-order valence-electron chi connectivity index (χ0n) is 18.7. The van der Waals surface area contributed by atoms with E-state index >= 15 is 0 Å². The first-order valence-electron chi connectivity index (χ1n) is 10.9. The topological polar surface area (TPSA) is 123 Å². The van der Waals surface area contributed by atoms with Gasteiger partial charge in [-0.15, -0.1) is 0 Å². The molecule has 0 spiro atoms. The fourth-order valence-corrected chi connectivity index (χ4v) is 4.05. The molecule has 4 aromatic rings. The van der Waals surface area contributed by atoms with Gasteiger partial charge in [0.05, 0.1) is 34.7 Å². The van der Waals surface area contributed by atoms with E-state index in [1.54, 1.807) is 47.4 Å². The second-order valence-corrected chi connectivity index (χ2v) is 8.47. The molecule has 2 aromatic carbocycles. The van der Waals surface area contributed by atoms with Crippen LogP contribution in [0.25, 0.3) is 16.6 Å². The number of fused-ring (bicyclic) bond motifs is 1. The van der Waals surface area contributed by atoms with Gasteiger partial charge in [0.15, 0.2) is 0 Å². The number of nitrogens with two attached hydrogens (primary N) is 1. The Hall–Kier alpha value is -4.60. The molecule has 0 bridgehead atoms. The van der Waals surface area contributed by atoms with E-state index < -0.39 is 17.5 Å². The summed E-state index contributed by atoms with van der Waals surface area (Å²) in [7, 11) is 1.31. The third kappa shape index (κ3) is 3.99. The van der Waals surface area contributed by atoms with Crippen LogP contribution in [-0.2, 0) is 5.54 Å². The van der Waals surface area contributed by atoms with Crippen LogP contribution in [0.15, 0.2) is 67.1 Å². The number of hydrogen-bond donors (Lipinski definition) is 2. The number of hydrogen-bond acceptors (Lipinski definition) is 5. The van der Waals surface area contributed by atoms with Crippen molar-refractivity contribution in [3.63, 3.8) is 0 Å². The van der Waals surface area contributed by atoms with Gasteiger partial charge in [-0.2, -0.15) is 5.10 Å². The van der Waals surface area contributed by atoms with Crippen molar-refractivity contribution in [2.45, 2.75) is 18.4 Å². The lowest BCUT2D eigenvalue weighted by molar-refractivity contribution is 0.0837. The smallest absolute Gasteiger partial charge is 0.321 e. The molecule has 176 valence electrons. The fraction of sp³-hybridized carbons (Fsp3) is 0.160. The number of rotatable bonds is 5. The van der Waals surface area contributed by atoms with Crippen molar-refractivity contribution in [3.8, 4) is 5.69 Å². The van der Waals surface area contributed by atoms with Crippen molar-refractivity contribution in [1.82, 2.24) is 25.0 Å². The minimum atomic E-state index is -0.850. The first-order chi connectivity index (χ1) is 16.8. The Morgan fingerprint density at radius 2 is 1.83 bits per heavy atom. The quantitative estimate of drug-likeness (QED) is 0.462. The van der Waals surface area contributed by atoms with E-state index in [2.05, 4.69) is 15.4 Å². The Balaban J connectivity index is 1.43. The molecule has 0 unspecified atom stereocenters. The summed E-state index contributed by atoms with van der Waals surface area (Å²) in [6.45, 7) is 0. The number of pyridine rings is 1. The van der Waals surface area contributed by atoms with Crippen LogP contribution in [0.3, 0.4) is 0 Å². The first-order valence-corrected chi connectivity index (χ1v) is 10.9. The molecule has 0 atom stereocenters. The zero-order valence-corrected chi connectivity index (χ0v) is 18.7. The molecule has 10 heteroatoms. The van der Waals surface area contributed by atoms with Gasteiger partial charge in [-0.25, -0.2) is 13.9 Å². The first kappa shape index (κ1) is 22.2. The predicted octanol–water partition coefficient (Wildman–Crippen LogP) is 3.13. The SMILES string of the molecule is CN(C(N)=O)C(=O)c1cccc(C2(NC(=O)c3cncc4c3cnn4-c3ccc(F)cc3)CC2)c1. The highest BCUT2D eigenvalue weighted by molar-refractivity contribution is 6.06. The molecule has 4 amide bonds. The molecule has 2 heterocycles. The van der Waals surface area contributed by atoms with Crippen molar-refractivity contribution < 1.29 is 18.8 Å². The molecule has 1 aliphatic carbocycles. The molecule has 0 radical (unpaired) electrons. The van der Waals surface area contributed by atoms with Gasteiger partial charge in [-0.05, 0) is 54.8 Å². The molecule has 2 aromatic heterocycles. The number of nitrogens with one attached hydrogen (secondary N) is 1. The van der Waals surface area contributed by atoms with Crippen LogP contribution in [0, 0.1) is 5.82 Å². The van der Waals surface area contributed by atoms with Gasteiger partial charge in [-0.3, -0.25) is 19.5 Å². The standard InChI is InChI=1S/C25H21FN6O3/c1-31(24(27)35)23(34)15-3-2-4-16(11-15)25(9-10-25)30-22(33)20-12-28-14-21-19(20)13-29-32(21)18-7-5-17(26)6-8-18/h2-8,11-14H,9-10H2,1H3,(H2,27,35)(H,30,33). The number of primary amides is 1. The number of benzene rings is 2. The lowest BCUT2D eigenvalue weighted by atomic mass is 10.0. The summed E-state index contributed by atoms with van der Waals surface area (Å²) in [6.07, 6.45) is 6.04. The molecule has 3 N–H and O–H groups in total. The normalized spacial score (nSPS) is 13.9. The van der Waals surface area contributed by atoms with E-state index in [0.717, 1.165) is 10.5 Å². The maximum absolute atomic E-state index is 13.3. The van der Waals surface area contributed by atoms with Gasteiger partial charge >= 0.3 is 6.03 Å². The molecule has 1 aliphatic rings. The monoisotopic (exact) mass is 472 g/mol. The largest absolute Gasteiger partial charge is 0.351 e. The number of urea groups is 1. The van der Waals surface area contributed by atoms with E-state index in [-0.39, 0.29) is 11.7 Å². The van der Waals surface area contributed by atoms with Gasteiger partial charge in [0.1, 0.15) is 5.82 Å². The van der Waals surface area contributed by atoms with E-state index in [9.17, 15) is 18.8 Å². The summed E-state index contributed by atoms with van der Waals surface area (Å²) >= 11 is 0. The highest BCUT2D eigenvalue weighted by Crippen LogP contribution is 2.46. The zero-order chi connectivity index (χ0) is 24.7. The minimum absolute atomic E-state index is 0.300. The molecule has 9 nitrogen and oxygen atoms in total. The van der Waals surface area contributed by atoms with Crippen LogP contribution in [-0.4, -0.2) is 44.6 Å². The number of imide groups is 1.